The molecule has 1 aromatic heterocycles. The molecule has 0 saturated heterocycles. The number of pyridine rings is 1. The van der Waals surface area contributed by atoms with Gasteiger partial charge in [0, 0.05) is 6.07 Å². The smallest absolute Gasteiger partial charge is 0.344 e. The summed E-state index contributed by atoms with van der Waals surface area (Å²) in [5.41, 5.74) is -0.561. The number of hydrogen-bond acceptors (Lipinski definition) is 5. The first-order chi connectivity index (χ1) is 10.5. The molecule has 6 nitrogen and oxygen atoms in total. The van der Waals surface area contributed by atoms with E-state index < -0.39 is 17.8 Å². The molecule has 1 aromatic carbocycles. The Morgan fingerprint density at radius 3 is 2.27 bits per heavy atom. The van der Waals surface area contributed by atoms with E-state index in [9.17, 15) is 19.2 Å². The van der Waals surface area contributed by atoms with Crippen LogP contribution in [0.2, 0.25) is 0 Å². The first kappa shape index (κ1) is 15.4. The van der Waals surface area contributed by atoms with Gasteiger partial charge in [0.25, 0.3) is 0 Å². The highest BCUT2D eigenvalue weighted by atomic mass is 19.1. The van der Waals surface area contributed by atoms with E-state index >= 15 is 0 Å². The average molecular weight is 305 g/mol. The molecule has 2 rings (SSSR count). The molecule has 0 bridgehead atoms. The highest BCUT2D eigenvalue weighted by molar-refractivity contribution is 6.03. The van der Waals surface area contributed by atoms with E-state index in [2.05, 4.69) is 9.47 Å². The number of nitrogens with zero attached hydrogens (tertiary/aromatic N) is 1. The van der Waals surface area contributed by atoms with Crippen molar-refractivity contribution in [3.05, 3.63) is 58.7 Å². The van der Waals surface area contributed by atoms with Gasteiger partial charge in [-0.3, -0.25) is 0 Å². The van der Waals surface area contributed by atoms with Gasteiger partial charge in [0.1, 0.15) is 11.4 Å². The van der Waals surface area contributed by atoms with E-state index in [0.717, 1.165) is 26.5 Å². The lowest BCUT2D eigenvalue weighted by Crippen LogP contribution is -2.32. The molecule has 22 heavy (non-hydrogen) atoms. The summed E-state index contributed by atoms with van der Waals surface area (Å²) in [7, 11) is 2.24. The maximum absolute atomic E-state index is 13.8. The second kappa shape index (κ2) is 6.21. The molecule has 2 aromatic rings. The van der Waals surface area contributed by atoms with Crippen LogP contribution in [0.15, 0.2) is 36.5 Å². The predicted octanol–water partition coefficient (Wildman–Crippen LogP) is 1.70. The van der Waals surface area contributed by atoms with E-state index in [1.807, 2.05) is 0 Å². The van der Waals surface area contributed by atoms with E-state index in [-0.39, 0.29) is 22.4 Å². The lowest BCUT2D eigenvalue weighted by Gasteiger charge is -2.10. The van der Waals surface area contributed by atoms with Gasteiger partial charge in [-0.2, -0.15) is 4.73 Å². The molecule has 0 aliphatic rings. The number of ether oxygens (including phenoxy) is 2. The molecule has 0 spiro atoms. The molecular weight excluding hydrogens is 293 g/mol. The van der Waals surface area contributed by atoms with Crippen LogP contribution in [0.3, 0.4) is 0 Å². The van der Waals surface area contributed by atoms with Crippen LogP contribution in [0.4, 0.5) is 4.39 Å². The van der Waals surface area contributed by atoms with Crippen molar-refractivity contribution in [3.8, 4) is 11.3 Å². The summed E-state index contributed by atoms with van der Waals surface area (Å²) < 4.78 is 23.2. The number of aromatic nitrogens is 1. The molecule has 7 heteroatoms. The summed E-state index contributed by atoms with van der Waals surface area (Å²) in [6, 6.07) is 6.69. The summed E-state index contributed by atoms with van der Waals surface area (Å²) in [5, 5.41) is 12.1. The molecule has 0 saturated carbocycles. The number of benzene rings is 1. The minimum atomic E-state index is -0.870. The summed E-state index contributed by atoms with van der Waals surface area (Å²) in [6.45, 7) is 0. The minimum Gasteiger partial charge on any atom is -0.618 e. The molecule has 0 amide bonds. The maximum Gasteiger partial charge on any atom is 0.344 e. The lowest BCUT2D eigenvalue weighted by molar-refractivity contribution is -0.593. The Hall–Kier alpha value is -2.96. The monoisotopic (exact) mass is 305 g/mol. The zero-order valence-corrected chi connectivity index (χ0v) is 11.8. The van der Waals surface area contributed by atoms with Gasteiger partial charge in [-0.15, -0.1) is 0 Å². The zero-order valence-electron chi connectivity index (χ0n) is 11.8. The first-order valence-electron chi connectivity index (χ1n) is 6.18. The lowest BCUT2D eigenvalue weighted by atomic mass is 10.0. The van der Waals surface area contributed by atoms with E-state index in [4.69, 9.17) is 0 Å². The Labute approximate surface area is 125 Å². The SMILES string of the molecule is COC(=O)c1cc(-c2ccccc2F)[n+]([O-])cc1C(=O)OC. The number of rotatable bonds is 3. The van der Waals surface area contributed by atoms with Gasteiger partial charge in [-0.1, -0.05) is 12.1 Å². The summed E-state index contributed by atoms with van der Waals surface area (Å²) in [5.74, 6) is -2.34. The Balaban J connectivity index is 2.71. The van der Waals surface area contributed by atoms with Gasteiger partial charge >= 0.3 is 11.9 Å². The highest BCUT2D eigenvalue weighted by Crippen LogP contribution is 2.22. The van der Waals surface area contributed by atoms with Crippen LogP contribution in [0.25, 0.3) is 11.3 Å². The van der Waals surface area contributed by atoms with Crippen molar-refractivity contribution in [2.24, 2.45) is 0 Å². The normalized spacial score (nSPS) is 10.1. The fourth-order valence-electron chi connectivity index (χ4n) is 1.95. The molecule has 1 heterocycles. The molecule has 0 aliphatic heterocycles. The number of halogens is 1. The quantitative estimate of drug-likeness (QED) is 0.490. The van der Waals surface area contributed by atoms with Crippen LogP contribution in [0.1, 0.15) is 20.7 Å². The maximum atomic E-state index is 13.8. The Morgan fingerprint density at radius 2 is 1.68 bits per heavy atom. The standard InChI is InChI=1S/C15H12FNO5/c1-21-14(18)10-7-13(9-5-3-4-6-12(9)16)17(20)8-11(10)15(19)22-2/h3-8H,1-2H3. The second-order valence-electron chi connectivity index (χ2n) is 4.27. The van der Waals surface area contributed by atoms with Crippen LogP contribution in [-0.2, 0) is 9.47 Å². The molecule has 0 radical (unpaired) electrons. The van der Waals surface area contributed by atoms with Crippen molar-refractivity contribution >= 4 is 11.9 Å². The fraction of sp³-hybridized carbons (Fsp3) is 0.133. The van der Waals surface area contributed by atoms with Crippen molar-refractivity contribution in [2.45, 2.75) is 0 Å². The summed E-state index contributed by atoms with van der Waals surface area (Å²) in [6.07, 6.45) is 0.861. The third-order valence-corrected chi connectivity index (χ3v) is 3.02. The van der Waals surface area contributed by atoms with E-state index in [1.54, 1.807) is 6.07 Å². The molecule has 0 N–H and O–H groups in total. The summed E-state index contributed by atoms with van der Waals surface area (Å²) in [4.78, 5) is 23.5. The molecule has 0 atom stereocenters. The zero-order chi connectivity index (χ0) is 16.3. The highest BCUT2D eigenvalue weighted by Gasteiger charge is 2.26. The van der Waals surface area contributed by atoms with Crippen LogP contribution in [0.5, 0.6) is 0 Å². The van der Waals surface area contributed by atoms with Gasteiger partial charge in [-0.25, -0.2) is 14.0 Å². The first-order valence-corrected chi connectivity index (χ1v) is 6.18. The molecule has 0 aliphatic carbocycles. The molecule has 0 fully saturated rings. The third kappa shape index (κ3) is 2.73. The van der Waals surface area contributed by atoms with Crippen LogP contribution >= 0.6 is 0 Å². The number of esters is 2. The third-order valence-electron chi connectivity index (χ3n) is 3.02. The molecular formula is C15H12FNO5. The van der Waals surface area contributed by atoms with Crippen molar-refractivity contribution in [1.82, 2.24) is 0 Å². The Bertz CT molecular complexity index is 745. The number of carbonyl (C=O) groups is 2. The van der Waals surface area contributed by atoms with E-state index in [1.165, 1.54) is 18.2 Å². The van der Waals surface area contributed by atoms with Gasteiger partial charge in [0.2, 0.25) is 5.69 Å². The molecule has 114 valence electrons. The largest absolute Gasteiger partial charge is 0.618 e. The second-order valence-corrected chi connectivity index (χ2v) is 4.27. The predicted molar refractivity (Wildman–Crippen MR) is 73.5 cm³/mol. The van der Waals surface area contributed by atoms with Crippen LogP contribution in [0, 0.1) is 11.0 Å². The number of methoxy groups -OCH3 is 2. The fourth-order valence-corrected chi connectivity index (χ4v) is 1.95. The van der Waals surface area contributed by atoms with Gasteiger partial charge in [0.05, 0.1) is 25.3 Å². The van der Waals surface area contributed by atoms with E-state index in [0.29, 0.717) is 4.73 Å². The van der Waals surface area contributed by atoms with Crippen molar-refractivity contribution in [1.29, 1.82) is 0 Å². The van der Waals surface area contributed by atoms with Crippen LogP contribution < -0.4 is 4.73 Å². The van der Waals surface area contributed by atoms with Gasteiger partial charge < -0.3 is 14.7 Å². The Morgan fingerprint density at radius 1 is 1.09 bits per heavy atom. The minimum absolute atomic E-state index is 0.000862. The average Bonchev–Trinajstić information content (AvgIpc) is 2.54. The summed E-state index contributed by atoms with van der Waals surface area (Å²) >= 11 is 0. The van der Waals surface area contributed by atoms with Crippen molar-refractivity contribution < 1.29 is 28.2 Å². The van der Waals surface area contributed by atoms with Gasteiger partial charge in [-0.05, 0) is 12.1 Å². The van der Waals surface area contributed by atoms with Crippen molar-refractivity contribution in [3.63, 3.8) is 0 Å². The Kier molecular flexibility index (Phi) is 4.36. The number of carbonyl (C=O) groups excluding carboxylic acids is 2. The van der Waals surface area contributed by atoms with Crippen molar-refractivity contribution in [2.75, 3.05) is 14.2 Å². The van der Waals surface area contributed by atoms with Crippen LogP contribution in [-0.4, -0.2) is 26.2 Å². The number of hydrogen-bond donors (Lipinski definition) is 0. The topological polar surface area (TPSA) is 79.5 Å². The van der Waals surface area contributed by atoms with Gasteiger partial charge in [0.15, 0.2) is 6.20 Å². The molecule has 0 unspecified atom stereocenters.